The summed E-state index contributed by atoms with van der Waals surface area (Å²) in [6.45, 7) is 1.32. The molecule has 0 N–H and O–H groups in total. The molecule has 0 bridgehead atoms. The molecule has 5 atom stereocenters. The lowest BCUT2D eigenvalue weighted by atomic mass is 9.93. The first-order valence-electron chi connectivity index (χ1n) is 3.97. The van der Waals surface area contributed by atoms with Crippen molar-refractivity contribution in [1.82, 2.24) is 0 Å². The fourth-order valence-corrected chi connectivity index (χ4v) is 1.60. The van der Waals surface area contributed by atoms with Crippen LogP contribution in [0.4, 0.5) is 0 Å². The maximum atomic E-state index is 5.64. The Hall–Kier alpha value is -0.0951. The van der Waals surface area contributed by atoms with Crippen LogP contribution >= 0.6 is 0 Å². The van der Waals surface area contributed by atoms with E-state index in [-0.39, 0.29) is 18.3 Å². The van der Waals surface area contributed by atoms with Gasteiger partial charge in [0.25, 0.3) is 6.48 Å². The van der Waals surface area contributed by atoms with E-state index >= 15 is 0 Å². The van der Waals surface area contributed by atoms with Gasteiger partial charge in [0.15, 0.2) is 0 Å². The van der Waals surface area contributed by atoms with Crippen LogP contribution in [0, 0.1) is 0 Å². The highest BCUT2D eigenvalue weighted by Gasteiger charge is 2.48. The molecule has 0 saturated carbocycles. The van der Waals surface area contributed by atoms with Gasteiger partial charge in [0.1, 0.15) is 20.1 Å². The fourth-order valence-electron chi connectivity index (χ4n) is 1.60. The first-order chi connectivity index (χ1) is 5.72. The SMILES string of the molecule is [B]C1OC(C)C2OC(OC)OC12. The molecule has 0 aromatic rings. The standard InChI is InChI=1S/C7H11BO4/c1-3-4-5(6(8)10-3)12-7(9-2)11-4/h3-7H,1-2H3. The molecule has 2 aliphatic heterocycles. The van der Waals surface area contributed by atoms with E-state index in [1.54, 1.807) is 0 Å². The minimum atomic E-state index is -0.586. The molecule has 5 unspecified atom stereocenters. The average molecular weight is 170 g/mol. The van der Waals surface area contributed by atoms with Crippen molar-refractivity contribution in [3.8, 4) is 0 Å². The van der Waals surface area contributed by atoms with Crippen LogP contribution < -0.4 is 0 Å². The Bertz CT molecular complexity index is 161. The number of methoxy groups -OCH3 is 1. The van der Waals surface area contributed by atoms with E-state index in [1.165, 1.54) is 7.11 Å². The lowest BCUT2D eigenvalue weighted by Gasteiger charge is -2.14. The van der Waals surface area contributed by atoms with Crippen molar-refractivity contribution in [1.29, 1.82) is 0 Å². The quantitative estimate of drug-likeness (QED) is 0.502. The highest BCUT2D eigenvalue weighted by molar-refractivity contribution is 6.11. The predicted molar refractivity (Wildman–Crippen MR) is 40.6 cm³/mol. The van der Waals surface area contributed by atoms with Crippen molar-refractivity contribution in [3.05, 3.63) is 0 Å². The molecule has 4 nitrogen and oxygen atoms in total. The van der Waals surface area contributed by atoms with Gasteiger partial charge in [0.2, 0.25) is 0 Å². The summed E-state index contributed by atoms with van der Waals surface area (Å²) >= 11 is 0. The zero-order valence-corrected chi connectivity index (χ0v) is 7.10. The third-order valence-corrected chi connectivity index (χ3v) is 2.21. The van der Waals surface area contributed by atoms with Gasteiger partial charge >= 0.3 is 0 Å². The van der Waals surface area contributed by atoms with Gasteiger partial charge < -0.3 is 18.9 Å². The number of rotatable bonds is 1. The van der Waals surface area contributed by atoms with Gasteiger partial charge in [-0.2, -0.15) is 0 Å². The summed E-state index contributed by atoms with van der Waals surface area (Å²) < 4.78 is 20.9. The third-order valence-electron chi connectivity index (χ3n) is 2.21. The molecule has 0 aromatic carbocycles. The Morgan fingerprint density at radius 3 is 2.42 bits per heavy atom. The first-order valence-corrected chi connectivity index (χ1v) is 3.97. The van der Waals surface area contributed by atoms with Crippen molar-refractivity contribution in [2.24, 2.45) is 0 Å². The summed E-state index contributed by atoms with van der Waals surface area (Å²) in [5.74, 6) is 0. The van der Waals surface area contributed by atoms with Crippen molar-refractivity contribution in [2.75, 3.05) is 7.11 Å². The third kappa shape index (κ3) is 1.17. The molecular weight excluding hydrogens is 159 g/mol. The second-order valence-corrected chi connectivity index (χ2v) is 3.03. The van der Waals surface area contributed by atoms with Crippen LogP contribution in [0.5, 0.6) is 0 Å². The number of fused-ring (bicyclic) bond motifs is 1. The average Bonchev–Trinajstić information content (AvgIpc) is 2.55. The van der Waals surface area contributed by atoms with Gasteiger partial charge in [-0.3, -0.25) is 0 Å². The molecular formula is C7H11BO4. The van der Waals surface area contributed by atoms with E-state index < -0.39 is 12.5 Å². The topological polar surface area (TPSA) is 36.9 Å². The highest BCUT2D eigenvalue weighted by Crippen LogP contribution is 2.32. The van der Waals surface area contributed by atoms with E-state index in [9.17, 15) is 0 Å². The van der Waals surface area contributed by atoms with Crippen LogP contribution in [0.3, 0.4) is 0 Å². The predicted octanol–water partition coefficient (Wildman–Crippen LogP) is -0.386. The van der Waals surface area contributed by atoms with Crippen LogP contribution in [0.2, 0.25) is 0 Å². The van der Waals surface area contributed by atoms with E-state index in [0.29, 0.717) is 0 Å². The summed E-state index contributed by atoms with van der Waals surface area (Å²) in [7, 11) is 7.17. The Labute approximate surface area is 72.5 Å². The van der Waals surface area contributed by atoms with E-state index in [1.807, 2.05) is 6.92 Å². The Morgan fingerprint density at radius 1 is 1.17 bits per heavy atom. The van der Waals surface area contributed by atoms with E-state index in [2.05, 4.69) is 0 Å². The molecule has 2 fully saturated rings. The Morgan fingerprint density at radius 2 is 1.83 bits per heavy atom. The molecule has 0 aromatic heterocycles. The van der Waals surface area contributed by atoms with Gasteiger partial charge in [-0.05, 0) is 6.92 Å². The van der Waals surface area contributed by atoms with Gasteiger partial charge in [0.05, 0.1) is 6.10 Å². The number of hydrogen-bond acceptors (Lipinski definition) is 4. The maximum Gasteiger partial charge on any atom is 0.272 e. The number of ether oxygens (including phenoxy) is 4. The normalized spacial score (nSPS) is 52.7. The molecule has 0 spiro atoms. The van der Waals surface area contributed by atoms with E-state index in [0.717, 1.165) is 0 Å². The number of hydrogen-bond donors (Lipinski definition) is 0. The van der Waals surface area contributed by atoms with Crippen LogP contribution in [-0.4, -0.2) is 45.7 Å². The maximum absolute atomic E-state index is 5.64. The van der Waals surface area contributed by atoms with Crippen molar-refractivity contribution in [3.63, 3.8) is 0 Å². The first kappa shape index (κ1) is 8.50. The second kappa shape index (κ2) is 2.99. The summed E-state index contributed by atoms with van der Waals surface area (Å²) in [5.41, 5.74) is 0. The molecule has 0 amide bonds. The molecule has 2 aliphatic rings. The molecule has 5 heteroatoms. The van der Waals surface area contributed by atoms with Gasteiger partial charge in [-0.1, -0.05) is 0 Å². The minimum absolute atomic E-state index is 0.0230. The van der Waals surface area contributed by atoms with Crippen LogP contribution in [-0.2, 0) is 18.9 Å². The largest absolute Gasteiger partial charge is 0.380 e. The zero-order chi connectivity index (χ0) is 8.72. The smallest absolute Gasteiger partial charge is 0.272 e. The van der Waals surface area contributed by atoms with Gasteiger partial charge in [-0.25, -0.2) is 0 Å². The lowest BCUT2D eigenvalue weighted by molar-refractivity contribution is -0.245. The molecule has 0 aliphatic carbocycles. The Kier molecular flexibility index (Phi) is 2.12. The second-order valence-electron chi connectivity index (χ2n) is 3.03. The summed E-state index contributed by atoms with van der Waals surface area (Å²) in [6.07, 6.45) is -0.306. The van der Waals surface area contributed by atoms with Gasteiger partial charge in [-0.15, -0.1) is 0 Å². The fraction of sp³-hybridized carbons (Fsp3) is 1.00. The molecule has 12 heavy (non-hydrogen) atoms. The molecule has 2 saturated heterocycles. The Balaban J connectivity index is 2.04. The highest BCUT2D eigenvalue weighted by atomic mass is 16.9. The summed E-state index contributed by atoms with van der Waals surface area (Å²) in [5, 5.41) is 0. The molecule has 2 heterocycles. The summed E-state index contributed by atoms with van der Waals surface area (Å²) in [6, 6.07) is -0.398. The minimum Gasteiger partial charge on any atom is -0.380 e. The zero-order valence-electron chi connectivity index (χ0n) is 7.10. The molecule has 2 radical (unpaired) electrons. The van der Waals surface area contributed by atoms with Crippen LogP contribution in [0.1, 0.15) is 6.92 Å². The van der Waals surface area contributed by atoms with E-state index in [4.69, 9.17) is 26.8 Å². The molecule has 66 valence electrons. The van der Waals surface area contributed by atoms with Crippen LogP contribution in [0.15, 0.2) is 0 Å². The lowest BCUT2D eigenvalue weighted by Crippen LogP contribution is -2.28. The molecule has 2 rings (SSSR count). The van der Waals surface area contributed by atoms with Crippen molar-refractivity contribution >= 4 is 7.85 Å². The summed E-state index contributed by atoms with van der Waals surface area (Å²) in [4.78, 5) is 0. The van der Waals surface area contributed by atoms with Crippen molar-refractivity contribution < 1.29 is 18.9 Å². The van der Waals surface area contributed by atoms with Gasteiger partial charge in [0, 0.05) is 13.1 Å². The van der Waals surface area contributed by atoms with Crippen LogP contribution in [0.25, 0.3) is 0 Å². The monoisotopic (exact) mass is 170 g/mol. The van der Waals surface area contributed by atoms with Crippen molar-refractivity contribution in [2.45, 2.75) is 37.7 Å².